The van der Waals surface area contributed by atoms with Gasteiger partial charge < -0.3 is 19.4 Å². The number of ether oxygens (including phenoxy) is 1. The average Bonchev–Trinajstić information content (AvgIpc) is 2.95. The molecular weight excluding hydrogens is 252 g/mol. The van der Waals surface area contributed by atoms with E-state index in [2.05, 4.69) is 20.1 Å². The Bertz CT molecular complexity index is 608. The Morgan fingerprint density at radius 1 is 1.58 bits per heavy atom. The average molecular weight is 264 g/mol. The first-order chi connectivity index (χ1) is 9.16. The number of aromatic nitrogens is 4. The molecule has 0 saturated heterocycles. The van der Waals surface area contributed by atoms with Gasteiger partial charge in [0.25, 0.3) is 5.89 Å². The Balaban J connectivity index is 1.97. The summed E-state index contributed by atoms with van der Waals surface area (Å²) < 4.78 is 10.5. The number of rotatable bonds is 4. The summed E-state index contributed by atoms with van der Waals surface area (Å²) in [6.07, 6.45) is 3.98. The van der Waals surface area contributed by atoms with Crippen LogP contribution in [0, 0.1) is 0 Å². The van der Waals surface area contributed by atoms with Gasteiger partial charge in [0.2, 0.25) is 5.82 Å². The molecule has 0 spiro atoms. The number of imidazole rings is 1. The van der Waals surface area contributed by atoms with Gasteiger partial charge in [0.05, 0.1) is 6.33 Å². The fourth-order valence-electron chi connectivity index (χ4n) is 2.15. The van der Waals surface area contributed by atoms with Crippen molar-refractivity contribution in [1.29, 1.82) is 0 Å². The van der Waals surface area contributed by atoms with E-state index in [1.807, 2.05) is 0 Å². The molecule has 1 aliphatic rings. The van der Waals surface area contributed by atoms with Gasteiger partial charge in [-0.3, -0.25) is 0 Å². The maximum Gasteiger partial charge on any atom is 0.356 e. The van der Waals surface area contributed by atoms with E-state index in [1.54, 1.807) is 7.11 Å². The highest BCUT2D eigenvalue weighted by molar-refractivity contribution is 5.91. The molecule has 0 atom stereocenters. The lowest BCUT2D eigenvalue weighted by molar-refractivity contribution is -0.0858. The number of hydrogen-bond acceptors (Lipinski definition) is 6. The van der Waals surface area contributed by atoms with Crippen LogP contribution in [0.5, 0.6) is 0 Å². The van der Waals surface area contributed by atoms with E-state index in [0.29, 0.717) is 5.82 Å². The molecule has 2 N–H and O–H groups in total. The summed E-state index contributed by atoms with van der Waals surface area (Å²) in [4.78, 5) is 21.6. The molecule has 19 heavy (non-hydrogen) atoms. The Morgan fingerprint density at radius 2 is 2.37 bits per heavy atom. The zero-order chi connectivity index (χ0) is 13.5. The van der Waals surface area contributed by atoms with Crippen LogP contribution in [0.15, 0.2) is 10.9 Å². The van der Waals surface area contributed by atoms with E-state index in [-0.39, 0.29) is 17.3 Å². The van der Waals surface area contributed by atoms with Crippen LogP contribution < -0.4 is 0 Å². The minimum Gasteiger partial charge on any atom is -0.476 e. The van der Waals surface area contributed by atoms with Crippen molar-refractivity contribution in [3.63, 3.8) is 0 Å². The molecule has 2 heterocycles. The lowest BCUT2D eigenvalue weighted by Crippen LogP contribution is -2.37. The number of hydrogen-bond donors (Lipinski definition) is 2. The number of methoxy groups -OCH3 is 1. The standard InChI is InChI=1S/C11H12N4O4/c1-18-11(3-2-4-11)10-14-8(19-15-10)6-7(9(16)17)13-5-12-6/h5H,2-4H2,1H3,(H,12,13)(H,16,17). The van der Waals surface area contributed by atoms with Gasteiger partial charge in [-0.05, 0) is 19.3 Å². The Morgan fingerprint density at radius 3 is 2.95 bits per heavy atom. The topological polar surface area (TPSA) is 114 Å². The molecule has 1 aliphatic carbocycles. The van der Waals surface area contributed by atoms with Crippen LogP contribution in [0.4, 0.5) is 0 Å². The minimum absolute atomic E-state index is 0.105. The van der Waals surface area contributed by atoms with E-state index in [4.69, 9.17) is 14.4 Å². The fraction of sp³-hybridized carbons (Fsp3) is 0.455. The number of nitrogens with zero attached hydrogens (tertiary/aromatic N) is 3. The summed E-state index contributed by atoms with van der Waals surface area (Å²) in [6.45, 7) is 0. The SMILES string of the molecule is COC1(c2noc(-c3[nH]cnc3C(=O)O)n2)CCC1. The molecule has 1 fully saturated rings. The molecule has 100 valence electrons. The molecule has 2 aromatic rings. The highest BCUT2D eigenvalue weighted by atomic mass is 16.5. The summed E-state index contributed by atoms with van der Waals surface area (Å²) in [5.41, 5.74) is -0.433. The van der Waals surface area contributed by atoms with Gasteiger partial charge in [-0.1, -0.05) is 5.16 Å². The molecule has 0 aromatic carbocycles. The number of carbonyl (C=O) groups is 1. The van der Waals surface area contributed by atoms with E-state index < -0.39 is 11.6 Å². The summed E-state index contributed by atoms with van der Waals surface area (Å²) in [5, 5.41) is 12.9. The molecule has 8 heteroatoms. The molecular formula is C11H12N4O4. The molecule has 2 aromatic heterocycles. The van der Waals surface area contributed by atoms with E-state index in [1.165, 1.54) is 6.33 Å². The van der Waals surface area contributed by atoms with Crippen molar-refractivity contribution < 1.29 is 19.2 Å². The number of aromatic amines is 1. The van der Waals surface area contributed by atoms with Crippen LogP contribution in [-0.4, -0.2) is 38.3 Å². The number of aromatic carboxylic acids is 1. The van der Waals surface area contributed by atoms with Crippen molar-refractivity contribution in [1.82, 2.24) is 20.1 Å². The molecule has 3 rings (SSSR count). The maximum atomic E-state index is 11.0. The fourth-order valence-corrected chi connectivity index (χ4v) is 2.15. The van der Waals surface area contributed by atoms with Gasteiger partial charge in [-0.15, -0.1) is 0 Å². The van der Waals surface area contributed by atoms with Crippen molar-refractivity contribution in [2.24, 2.45) is 0 Å². The van der Waals surface area contributed by atoms with Crippen LogP contribution in [-0.2, 0) is 10.3 Å². The lowest BCUT2D eigenvalue weighted by atomic mass is 9.79. The third kappa shape index (κ3) is 1.72. The second-order valence-corrected chi connectivity index (χ2v) is 4.41. The van der Waals surface area contributed by atoms with Crippen LogP contribution >= 0.6 is 0 Å². The molecule has 0 aliphatic heterocycles. The third-order valence-electron chi connectivity index (χ3n) is 3.44. The Kier molecular flexibility index (Phi) is 2.59. The second-order valence-electron chi connectivity index (χ2n) is 4.41. The first-order valence-electron chi connectivity index (χ1n) is 5.83. The van der Waals surface area contributed by atoms with Crippen molar-refractivity contribution >= 4 is 5.97 Å². The Hall–Kier alpha value is -2.22. The van der Waals surface area contributed by atoms with Crippen LogP contribution in [0.1, 0.15) is 35.6 Å². The van der Waals surface area contributed by atoms with Crippen molar-refractivity contribution in [3.8, 4) is 11.6 Å². The Labute approximate surface area is 107 Å². The summed E-state index contributed by atoms with van der Waals surface area (Å²) in [7, 11) is 1.61. The number of carboxylic acid groups (broad SMARTS) is 1. The van der Waals surface area contributed by atoms with Gasteiger partial charge in [0.1, 0.15) is 11.3 Å². The lowest BCUT2D eigenvalue weighted by Gasteiger charge is -2.37. The zero-order valence-electron chi connectivity index (χ0n) is 10.2. The molecule has 1 saturated carbocycles. The van der Waals surface area contributed by atoms with Crippen LogP contribution in [0.25, 0.3) is 11.6 Å². The van der Waals surface area contributed by atoms with Crippen LogP contribution in [0.3, 0.4) is 0 Å². The zero-order valence-corrected chi connectivity index (χ0v) is 10.2. The minimum atomic E-state index is -1.15. The van der Waals surface area contributed by atoms with Crippen molar-refractivity contribution in [3.05, 3.63) is 17.8 Å². The van der Waals surface area contributed by atoms with Gasteiger partial charge in [-0.2, -0.15) is 4.98 Å². The largest absolute Gasteiger partial charge is 0.476 e. The van der Waals surface area contributed by atoms with E-state index in [0.717, 1.165) is 19.3 Å². The predicted molar refractivity (Wildman–Crippen MR) is 61.4 cm³/mol. The summed E-state index contributed by atoms with van der Waals surface area (Å²) in [6, 6.07) is 0. The summed E-state index contributed by atoms with van der Waals surface area (Å²) >= 11 is 0. The predicted octanol–water partition coefficient (Wildman–Crippen LogP) is 1.18. The van der Waals surface area contributed by atoms with E-state index in [9.17, 15) is 4.79 Å². The summed E-state index contributed by atoms with van der Waals surface area (Å²) in [5.74, 6) is -0.600. The molecule has 0 unspecified atom stereocenters. The van der Waals surface area contributed by atoms with Crippen LogP contribution in [0.2, 0.25) is 0 Å². The van der Waals surface area contributed by atoms with Crippen molar-refractivity contribution in [2.75, 3.05) is 7.11 Å². The number of carboxylic acids is 1. The second kappa shape index (κ2) is 4.16. The molecule has 8 nitrogen and oxygen atoms in total. The molecule has 0 radical (unpaired) electrons. The van der Waals surface area contributed by atoms with Gasteiger partial charge >= 0.3 is 5.97 Å². The normalized spacial score (nSPS) is 17.1. The highest BCUT2D eigenvalue weighted by Gasteiger charge is 2.43. The van der Waals surface area contributed by atoms with Gasteiger partial charge in [0, 0.05) is 7.11 Å². The number of nitrogens with one attached hydrogen (secondary N) is 1. The monoisotopic (exact) mass is 264 g/mol. The smallest absolute Gasteiger partial charge is 0.356 e. The van der Waals surface area contributed by atoms with Crippen molar-refractivity contribution in [2.45, 2.75) is 24.9 Å². The molecule has 0 amide bonds. The first-order valence-corrected chi connectivity index (χ1v) is 5.83. The number of H-pyrrole nitrogens is 1. The first kappa shape index (κ1) is 11.8. The quantitative estimate of drug-likeness (QED) is 0.852. The van der Waals surface area contributed by atoms with Gasteiger partial charge in [-0.25, -0.2) is 9.78 Å². The van der Waals surface area contributed by atoms with Gasteiger partial charge in [0.15, 0.2) is 5.69 Å². The highest BCUT2D eigenvalue weighted by Crippen LogP contribution is 2.43. The maximum absolute atomic E-state index is 11.0. The van der Waals surface area contributed by atoms with E-state index >= 15 is 0 Å². The molecule has 0 bridgehead atoms. The third-order valence-corrected chi connectivity index (χ3v) is 3.44.